The Balaban J connectivity index is 3.72. The van der Waals surface area contributed by atoms with Crippen molar-refractivity contribution in [1.82, 2.24) is 0 Å². The molecule has 0 amide bonds. The Kier molecular flexibility index (Phi) is 2.85. The third-order valence-electron chi connectivity index (χ3n) is 0.564. The molecular formula is C5H8N2. The summed E-state index contributed by atoms with van der Waals surface area (Å²) >= 11 is 0. The molecule has 0 saturated carbocycles. The van der Waals surface area contributed by atoms with Crippen LogP contribution in [0.15, 0.2) is 17.6 Å². The molecule has 0 aromatic heterocycles. The molecule has 0 unspecified atom stereocenters. The molecule has 0 aliphatic heterocycles. The van der Waals surface area contributed by atoms with Crippen LogP contribution in [0.5, 0.6) is 0 Å². The van der Waals surface area contributed by atoms with Crippen LogP contribution in [0.1, 0.15) is 6.92 Å². The van der Waals surface area contributed by atoms with E-state index in [9.17, 15) is 0 Å². The second-order valence-electron chi connectivity index (χ2n) is 1.10. The van der Waals surface area contributed by atoms with Crippen molar-refractivity contribution in [3.8, 4) is 0 Å². The Morgan fingerprint density at radius 1 is 1.86 bits per heavy atom. The first-order valence-electron chi connectivity index (χ1n) is 1.97. The monoisotopic (exact) mass is 96.1 g/mol. The zero-order chi connectivity index (χ0) is 5.70. The van der Waals surface area contributed by atoms with Crippen LogP contribution in [0.2, 0.25) is 0 Å². The summed E-state index contributed by atoms with van der Waals surface area (Å²) in [5, 5.41) is 6.48. The van der Waals surface area contributed by atoms with Gasteiger partial charge in [-0.2, -0.15) is 0 Å². The van der Waals surface area contributed by atoms with Gasteiger partial charge in [0, 0.05) is 5.71 Å². The van der Waals surface area contributed by atoms with Gasteiger partial charge in [0.25, 0.3) is 0 Å². The molecule has 1 N–H and O–H groups in total. The fourth-order valence-electron chi connectivity index (χ4n) is 0.155. The number of hydrogen-bond donors (Lipinski definition) is 1. The molecule has 0 aliphatic rings. The number of nitrogens with zero attached hydrogens (tertiary/aromatic N) is 1. The van der Waals surface area contributed by atoms with Crippen molar-refractivity contribution < 1.29 is 0 Å². The molecule has 0 aromatic carbocycles. The van der Waals surface area contributed by atoms with Crippen molar-refractivity contribution in [2.24, 2.45) is 4.99 Å². The first kappa shape index (κ1) is 6.08. The van der Waals surface area contributed by atoms with E-state index >= 15 is 0 Å². The third-order valence-corrected chi connectivity index (χ3v) is 0.564. The average Bonchev–Trinajstić information content (AvgIpc) is 1.68. The Bertz CT molecular complexity index is 103. The van der Waals surface area contributed by atoms with Gasteiger partial charge < -0.3 is 0 Å². The molecule has 2 heteroatoms. The van der Waals surface area contributed by atoms with Crippen LogP contribution in [0.4, 0.5) is 0 Å². The Labute approximate surface area is 43.1 Å². The normalized spacial score (nSPS) is 10.7. The van der Waals surface area contributed by atoms with Gasteiger partial charge in [-0.15, -0.1) is 0 Å². The van der Waals surface area contributed by atoms with Gasteiger partial charge in [-0.05, 0) is 13.0 Å². The minimum Gasteiger partial charge on any atom is -0.290 e. The molecule has 0 bridgehead atoms. The lowest BCUT2D eigenvalue weighted by atomic mass is 10.4. The summed E-state index contributed by atoms with van der Waals surface area (Å²) < 4.78 is 0. The molecule has 0 saturated heterocycles. The molecular weight excluding hydrogens is 88.1 g/mol. The van der Waals surface area contributed by atoms with Gasteiger partial charge in [0.15, 0.2) is 0 Å². The molecule has 38 valence electrons. The summed E-state index contributed by atoms with van der Waals surface area (Å²) in [7, 11) is 0. The number of aliphatic imine (C=N–C) groups is 1. The van der Waals surface area contributed by atoms with Gasteiger partial charge >= 0.3 is 0 Å². The zero-order valence-electron chi connectivity index (χ0n) is 4.31. The maximum atomic E-state index is 6.48. The van der Waals surface area contributed by atoms with Crippen LogP contribution < -0.4 is 0 Å². The van der Waals surface area contributed by atoms with Gasteiger partial charge in [-0.1, -0.05) is 6.58 Å². The summed E-state index contributed by atoms with van der Waals surface area (Å²) in [6, 6.07) is 0. The summed E-state index contributed by atoms with van der Waals surface area (Å²) in [5.41, 5.74) is 0.773. The Morgan fingerprint density at radius 3 is 2.57 bits per heavy atom. The van der Waals surface area contributed by atoms with Gasteiger partial charge in [0.2, 0.25) is 0 Å². The quantitative estimate of drug-likeness (QED) is 0.396. The maximum absolute atomic E-state index is 6.48. The van der Waals surface area contributed by atoms with Gasteiger partial charge in [-0.3, -0.25) is 5.41 Å². The van der Waals surface area contributed by atoms with E-state index in [-0.39, 0.29) is 0 Å². The molecule has 0 radical (unpaired) electrons. The van der Waals surface area contributed by atoms with Crippen molar-refractivity contribution >= 4 is 12.1 Å². The summed E-state index contributed by atoms with van der Waals surface area (Å²) in [5.74, 6) is 0. The fraction of sp³-hybridized carbons (Fsp3) is 0.200. The molecule has 7 heavy (non-hydrogen) atoms. The van der Waals surface area contributed by atoms with E-state index in [1.54, 1.807) is 13.0 Å². The molecule has 0 fully saturated rings. The second kappa shape index (κ2) is 3.28. The van der Waals surface area contributed by atoms with Crippen LogP contribution in [-0.2, 0) is 0 Å². The van der Waals surface area contributed by atoms with E-state index in [0.29, 0.717) is 0 Å². The fourth-order valence-corrected chi connectivity index (χ4v) is 0.155. The van der Waals surface area contributed by atoms with Crippen LogP contribution in [-0.4, -0.2) is 12.1 Å². The zero-order valence-corrected chi connectivity index (χ0v) is 4.31. The Hall–Kier alpha value is -0.920. The van der Waals surface area contributed by atoms with E-state index in [2.05, 4.69) is 11.6 Å². The highest BCUT2D eigenvalue weighted by atomic mass is 14.7. The Morgan fingerprint density at radius 2 is 2.43 bits per heavy atom. The highest BCUT2D eigenvalue weighted by molar-refractivity contribution is 5.96. The lowest BCUT2D eigenvalue weighted by Crippen LogP contribution is -1.80. The molecule has 0 aliphatic carbocycles. The number of nitrogens with one attached hydrogen (secondary N) is 1. The van der Waals surface area contributed by atoms with E-state index in [1.807, 2.05) is 0 Å². The van der Waals surface area contributed by atoms with Crippen LogP contribution in [0, 0.1) is 5.41 Å². The average molecular weight is 96.1 g/mol. The minimum absolute atomic E-state index is 0.773. The van der Waals surface area contributed by atoms with Crippen molar-refractivity contribution in [3.05, 3.63) is 12.7 Å². The highest BCUT2D eigenvalue weighted by Crippen LogP contribution is 1.71. The van der Waals surface area contributed by atoms with E-state index < -0.39 is 0 Å². The lowest BCUT2D eigenvalue weighted by Gasteiger charge is -1.78. The first-order chi connectivity index (χ1) is 3.31. The van der Waals surface area contributed by atoms with E-state index in [4.69, 9.17) is 5.41 Å². The number of rotatable bonds is 2. The van der Waals surface area contributed by atoms with Gasteiger partial charge in [0.1, 0.15) is 6.34 Å². The second-order valence-corrected chi connectivity index (χ2v) is 1.10. The molecule has 0 heterocycles. The van der Waals surface area contributed by atoms with E-state index in [0.717, 1.165) is 12.1 Å². The largest absolute Gasteiger partial charge is 0.290 e. The standard InChI is InChI=1S/C5H8N2/c1-3-5(2)7-4-6/h3-4,6H,1H2,2H3. The SMILES string of the molecule is C=CC(C)=NC=N. The van der Waals surface area contributed by atoms with Crippen LogP contribution >= 0.6 is 0 Å². The van der Waals surface area contributed by atoms with Gasteiger partial charge in [-0.25, -0.2) is 4.99 Å². The predicted octanol–water partition coefficient (Wildman–Crippen LogP) is 1.24. The topological polar surface area (TPSA) is 36.2 Å². The summed E-state index contributed by atoms with van der Waals surface area (Å²) in [6.07, 6.45) is 2.60. The molecule has 2 nitrogen and oxygen atoms in total. The molecule has 0 rings (SSSR count). The smallest absolute Gasteiger partial charge is 0.107 e. The molecule has 0 aromatic rings. The highest BCUT2D eigenvalue weighted by Gasteiger charge is 1.71. The first-order valence-corrected chi connectivity index (χ1v) is 1.97. The third kappa shape index (κ3) is 2.89. The van der Waals surface area contributed by atoms with Gasteiger partial charge in [0.05, 0.1) is 0 Å². The van der Waals surface area contributed by atoms with Crippen LogP contribution in [0.25, 0.3) is 0 Å². The number of hydrogen-bond acceptors (Lipinski definition) is 1. The lowest BCUT2D eigenvalue weighted by molar-refractivity contribution is 1.51. The van der Waals surface area contributed by atoms with Crippen molar-refractivity contribution in [1.29, 1.82) is 5.41 Å². The van der Waals surface area contributed by atoms with Crippen molar-refractivity contribution in [2.45, 2.75) is 6.92 Å². The molecule has 0 atom stereocenters. The summed E-state index contributed by atoms with van der Waals surface area (Å²) in [4.78, 5) is 3.58. The number of allylic oxidation sites excluding steroid dienone is 1. The minimum atomic E-state index is 0.773. The predicted molar refractivity (Wildman–Crippen MR) is 32.1 cm³/mol. The van der Waals surface area contributed by atoms with Crippen molar-refractivity contribution in [2.75, 3.05) is 0 Å². The van der Waals surface area contributed by atoms with Crippen molar-refractivity contribution in [3.63, 3.8) is 0 Å². The summed E-state index contributed by atoms with van der Waals surface area (Å²) in [6.45, 7) is 5.23. The van der Waals surface area contributed by atoms with Crippen LogP contribution in [0.3, 0.4) is 0 Å². The maximum Gasteiger partial charge on any atom is 0.107 e. The molecule has 0 spiro atoms. The van der Waals surface area contributed by atoms with E-state index in [1.165, 1.54) is 0 Å².